The predicted octanol–water partition coefficient (Wildman–Crippen LogP) is 3.52. The number of carbonyl (C=O) groups excluding carboxylic acids is 1. The number of hydrogen-bond donors (Lipinski definition) is 3. The second kappa shape index (κ2) is 12.3. The van der Waals surface area contributed by atoms with Crippen LogP contribution in [0.4, 0.5) is 0 Å². The van der Waals surface area contributed by atoms with Gasteiger partial charge in [-0.05, 0) is 38.5 Å². The third-order valence-electron chi connectivity index (χ3n) is 5.43. The number of ether oxygens (including phenoxy) is 1. The first-order valence-electron chi connectivity index (χ1n) is 10.3. The molecule has 5 nitrogen and oxygen atoms in total. The maximum Gasteiger partial charge on any atom is 0.305 e. The molecular formula is C22H38O5. The Balaban J connectivity index is 2.54. The van der Waals surface area contributed by atoms with E-state index in [-0.39, 0.29) is 17.8 Å². The van der Waals surface area contributed by atoms with E-state index in [0.29, 0.717) is 25.7 Å². The summed E-state index contributed by atoms with van der Waals surface area (Å²) in [5, 5.41) is 31.1. The van der Waals surface area contributed by atoms with Gasteiger partial charge in [0, 0.05) is 18.8 Å². The lowest BCUT2D eigenvalue weighted by Crippen LogP contribution is -2.24. The van der Waals surface area contributed by atoms with Gasteiger partial charge in [-0.25, -0.2) is 0 Å². The molecular weight excluding hydrogens is 344 g/mol. The van der Waals surface area contributed by atoms with Gasteiger partial charge in [-0.15, -0.1) is 0 Å². The Labute approximate surface area is 164 Å². The van der Waals surface area contributed by atoms with Gasteiger partial charge in [-0.1, -0.05) is 50.5 Å². The second-order valence-electron chi connectivity index (χ2n) is 7.96. The smallest absolute Gasteiger partial charge is 0.305 e. The molecule has 5 atom stereocenters. The van der Waals surface area contributed by atoms with Crippen LogP contribution in [0.15, 0.2) is 24.3 Å². The van der Waals surface area contributed by atoms with Crippen molar-refractivity contribution in [3.8, 4) is 0 Å². The molecule has 0 unspecified atom stereocenters. The number of esters is 1. The highest BCUT2D eigenvalue weighted by molar-refractivity contribution is 5.69. The maximum absolute atomic E-state index is 11.1. The second-order valence-corrected chi connectivity index (χ2v) is 7.96. The van der Waals surface area contributed by atoms with Crippen LogP contribution in [0.25, 0.3) is 0 Å². The van der Waals surface area contributed by atoms with E-state index < -0.39 is 17.8 Å². The molecule has 0 saturated heterocycles. The Morgan fingerprint density at radius 3 is 2.59 bits per heavy atom. The van der Waals surface area contributed by atoms with Gasteiger partial charge in [0.25, 0.3) is 0 Å². The van der Waals surface area contributed by atoms with Gasteiger partial charge in [0.1, 0.15) is 0 Å². The van der Waals surface area contributed by atoms with Crippen LogP contribution in [0.3, 0.4) is 0 Å². The van der Waals surface area contributed by atoms with E-state index in [9.17, 15) is 20.1 Å². The monoisotopic (exact) mass is 382 g/mol. The molecule has 156 valence electrons. The molecule has 3 N–H and O–H groups in total. The Kier molecular flexibility index (Phi) is 10.9. The topological polar surface area (TPSA) is 87.0 Å². The SMILES string of the molecule is CCCCC[C@](C)(O)/C=C/[C@@H]1[C@@H](C/C=C\CCCC(=O)OC)[C@@H](O)C[C@H]1O. The lowest BCUT2D eigenvalue weighted by Gasteiger charge is -2.23. The van der Waals surface area contributed by atoms with Crippen molar-refractivity contribution >= 4 is 5.97 Å². The number of unbranched alkanes of at least 4 members (excludes halogenated alkanes) is 3. The molecule has 1 aliphatic rings. The number of rotatable bonds is 12. The Bertz CT molecular complexity index is 483. The fraction of sp³-hybridized carbons (Fsp3) is 0.773. The van der Waals surface area contributed by atoms with Crippen LogP contribution in [-0.4, -0.2) is 46.2 Å². The molecule has 27 heavy (non-hydrogen) atoms. The summed E-state index contributed by atoms with van der Waals surface area (Å²) < 4.78 is 4.61. The number of hydrogen-bond acceptors (Lipinski definition) is 5. The number of methoxy groups -OCH3 is 1. The fourth-order valence-corrected chi connectivity index (χ4v) is 3.68. The summed E-state index contributed by atoms with van der Waals surface area (Å²) in [6.07, 6.45) is 13.4. The van der Waals surface area contributed by atoms with Crippen LogP contribution in [-0.2, 0) is 9.53 Å². The molecule has 5 heteroatoms. The van der Waals surface area contributed by atoms with Crippen molar-refractivity contribution in [1.29, 1.82) is 0 Å². The molecule has 1 aliphatic carbocycles. The highest BCUT2D eigenvalue weighted by Crippen LogP contribution is 2.37. The number of aliphatic hydroxyl groups excluding tert-OH is 2. The summed E-state index contributed by atoms with van der Waals surface area (Å²) in [4.78, 5) is 11.1. The first-order valence-corrected chi connectivity index (χ1v) is 10.3. The van der Waals surface area contributed by atoms with Crippen molar-refractivity contribution < 1.29 is 24.9 Å². The van der Waals surface area contributed by atoms with Gasteiger partial charge in [0.05, 0.1) is 24.9 Å². The molecule has 0 aromatic heterocycles. The largest absolute Gasteiger partial charge is 0.469 e. The molecule has 1 saturated carbocycles. The normalized spacial score (nSPS) is 28.1. The van der Waals surface area contributed by atoms with E-state index in [4.69, 9.17) is 0 Å². The van der Waals surface area contributed by atoms with Crippen LogP contribution in [0.5, 0.6) is 0 Å². The lowest BCUT2D eigenvalue weighted by molar-refractivity contribution is -0.140. The van der Waals surface area contributed by atoms with Gasteiger partial charge in [0.2, 0.25) is 0 Å². The molecule has 0 radical (unpaired) electrons. The summed E-state index contributed by atoms with van der Waals surface area (Å²) in [6, 6.07) is 0. The molecule has 0 aliphatic heterocycles. The van der Waals surface area contributed by atoms with Crippen LogP contribution in [0.2, 0.25) is 0 Å². The van der Waals surface area contributed by atoms with Gasteiger partial charge in [0.15, 0.2) is 0 Å². The highest BCUT2D eigenvalue weighted by atomic mass is 16.5. The minimum absolute atomic E-state index is 0.0560. The Hall–Kier alpha value is -1.17. The van der Waals surface area contributed by atoms with Crippen molar-refractivity contribution in [2.75, 3.05) is 7.11 Å². The zero-order valence-corrected chi connectivity index (χ0v) is 17.1. The average Bonchev–Trinajstić information content (AvgIpc) is 2.89. The van der Waals surface area contributed by atoms with E-state index in [1.54, 1.807) is 13.0 Å². The minimum Gasteiger partial charge on any atom is -0.469 e. The molecule has 0 aromatic carbocycles. The van der Waals surface area contributed by atoms with Gasteiger partial charge in [-0.3, -0.25) is 4.79 Å². The van der Waals surface area contributed by atoms with Gasteiger partial charge >= 0.3 is 5.97 Å². The van der Waals surface area contributed by atoms with E-state index in [0.717, 1.165) is 32.1 Å². The first kappa shape index (κ1) is 23.9. The summed E-state index contributed by atoms with van der Waals surface area (Å²) in [5.41, 5.74) is -0.878. The Morgan fingerprint density at radius 2 is 1.93 bits per heavy atom. The molecule has 1 fully saturated rings. The molecule has 0 heterocycles. The van der Waals surface area contributed by atoms with Crippen LogP contribution >= 0.6 is 0 Å². The summed E-state index contributed by atoms with van der Waals surface area (Å²) in [5.74, 6) is -0.411. The molecule has 0 spiro atoms. The van der Waals surface area contributed by atoms with Crippen LogP contribution in [0, 0.1) is 11.8 Å². The Morgan fingerprint density at radius 1 is 1.19 bits per heavy atom. The summed E-state index contributed by atoms with van der Waals surface area (Å²) >= 11 is 0. The standard InChI is InChI=1S/C22H38O5/c1-4-5-10-14-22(2,26)15-13-18-17(19(23)16-20(18)24)11-8-6-7-9-12-21(25)27-3/h6,8,13,15,17-20,23-24,26H,4-5,7,9-12,14,16H2,1-3H3/b8-6-,15-13+/t17-,18-,19+,20-,22+/m1/s1. The number of carbonyl (C=O) groups is 1. The van der Waals surface area contributed by atoms with E-state index in [1.807, 2.05) is 18.2 Å². The number of aliphatic hydroxyl groups is 3. The lowest BCUT2D eigenvalue weighted by atomic mass is 9.88. The van der Waals surface area contributed by atoms with Crippen molar-refractivity contribution in [3.63, 3.8) is 0 Å². The van der Waals surface area contributed by atoms with Gasteiger partial charge in [-0.2, -0.15) is 0 Å². The molecule has 0 aromatic rings. The maximum atomic E-state index is 11.1. The zero-order chi connectivity index (χ0) is 20.3. The third kappa shape index (κ3) is 9.04. The minimum atomic E-state index is -0.878. The van der Waals surface area contributed by atoms with Crippen molar-refractivity contribution in [2.24, 2.45) is 11.8 Å². The number of allylic oxidation sites excluding steroid dienone is 2. The highest BCUT2D eigenvalue weighted by Gasteiger charge is 2.39. The van der Waals surface area contributed by atoms with Crippen LogP contribution < -0.4 is 0 Å². The van der Waals surface area contributed by atoms with Crippen molar-refractivity contribution in [2.45, 2.75) is 89.4 Å². The third-order valence-corrected chi connectivity index (χ3v) is 5.43. The van der Waals surface area contributed by atoms with Crippen molar-refractivity contribution in [1.82, 2.24) is 0 Å². The predicted molar refractivity (Wildman–Crippen MR) is 107 cm³/mol. The van der Waals surface area contributed by atoms with E-state index in [1.165, 1.54) is 7.11 Å². The van der Waals surface area contributed by atoms with Gasteiger partial charge < -0.3 is 20.1 Å². The summed E-state index contributed by atoms with van der Waals surface area (Å²) in [7, 11) is 1.39. The zero-order valence-electron chi connectivity index (χ0n) is 17.1. The van der Waals surface area contributed by atoms with E-state index in [2.05, 4.69) is 11.7 Å². The first-order chi connectivity index (χ1) is 12.8. The molecule has 0 bridgehead atoms. The van der Waals surface area contributed by atoms with E-state index >= 15 is 0 Å². The van der Waals surface area contributed by atoms with Crippen LogP contribution in [0.1, 0.15) is 71.6 Å². The average molecular weight is 383 g/mol. The van der Waals surface area contributed by atoms with Crippen molar-refractivity contribution in [3.05, 3.63) is 24.3 Å². The fourth-order valence-electron chi connectivity index (χ4n) is 3.68. The summed E-state index contributed by atoms with van der Waals surface area (Å²) in [6.45, 7) is 3.93. The molecule has 0 amide bonds. The molecule has 1 rings (SSSR count). The quantitative estimate of drug-likeness (QED) is 0.273.